The minimum atomic E-state index is -4.93. The van der Waals surface area contributed by atoms with Crippen LogP contribution in [-0.4, -0.2) is 17.4 Å². The third-order valence-electron chi connectivity index (χ3n) is 2.71. The van der Waals surface area contributed by atoms with E-state index in [0.29, 0.717) is 5.56 Å². The summed E-state index contributed by atoms with van der Waals surface area (Å²) in [5.74, 6) is -2.32. The third-order valence-corrected chi connectivity index (χ3v) is 3.74. The minimum absolute atomic E-state index is 0.140. The molecule has 2 aromatic carbocycles. The average Bonchev–Trinajstić information content (AvgIpc) is 2.44. The smallest absolute Gasteiger partial charge is 0.478 e. The van der Waals surface area contributed by atoms with E-state index in [9.17, 15) is 22.4 Å². The average molecular weight is 346 g/mol. The molecule has 0 saturated heterocycles. The maximum atomic E-state index is 13.5. The van der Waals surface area contributed by atoms with Gasteiger partial charge in [0.2, 0.25) is 0 Å². The van der Waals surface area contributed by atoms with Crippen LogP contribution in [0.5, 0.6) is 5.75 Å². The molecular weight excluding hydrogens is 336 g/mol. The SMILES string of the molecule is O=C(O)c1cc(OC(F)(F)F)cc(SCc2ccccc2F)c1. The van der Waals surface area contributed by atoms with Gasteiger partial charge in [-0.3, -0.25) is 0 Å². The summed E-state index contributed by atoms with van der Waals surface area (Å²) < 4.78 is 54.1. The monoisotopic (exact) mass is 346 g/mol. The van der Waals surface area contributed by atoms with Gasteiger partial charge in [0.25, 0.3) is 0 Å². The molecule has 0 amide bonds. The first-order valence-electron chi connectivity index (χ1n) is 6.25. The van der Waals surface area contributed by atoms with Gasteiger partial charge in [-0.1, -0.05) is 18.2 Å². The van der Waals surface area contributed by atoms with Gasteiger partial charge in [0.15, 0.2) is 0 Å². The summed E-state index contributed by atoms with van der Waals surface area (Å²) in [7, 11) is 0. The van der Waals surface area contributed by atoms with E-state index in [1.54, 1.807) is 6.07 Å². The van der Waals surface area contributed by atoms with E-state index in [1.807, 2.05) is 0 Å². The van der Waals surface area contributed by atoms with Crippen molar-refractivity contribution in [3.8, 4) is 5.75 Å². The lowest BCUT2D eigenvalue weighted by Gasteiger charge is -2.11. The molecule has 0 heterocycles. The first kappa shape index (κ1) is 17.1. The van der Waals surface area contributed by atoms with Crippen LogP contribution in [0, 0.1) is 5.82 Å². The van der Waals surface area contributed by atoms with E-state index < -0.39 is 23.9 Å². The molecule has 0 spiro atoms. The topological polar surface area (TPSA) is 46.5 Å². The van der Waals surface area contributed by atoms with Crippen LogP contribution in [0.2, 0.25) is 0 Å². The van der Waals surface area contributed by atoms with E-state index in [0.717, 1.165) is 23.9 Å². The van der Waals surface area contributed by atoms with Crippen molar-refractivity contribution in [1.82, 2.24) is 0 Å². The molecule has 0 saturated carbocycles. The highest BCUT2D eigenvalue weighted by atomic mass is 32.2. The summed E-state index contributed by atoms with van der Waals surface area (Å²) in [5.41, 5.74) is 0.0132. The zero-order chi connectivity index (χ0) is 17.0. The summed E-state index contributed by atoms with van der Waals surface area (Å²) in [6, 6.07) is 9.00. The number of alkyl halides is 3. The van der Waals surface area contributed by atoms with Crippen LogP contribution in [0.3, 0.4) is 0 Å². The maximum absolute atomic E-state index is 13.5. The molecule has 0 aliphatic carbocycles. The summed E-state index contributed by atoms with van der Waals surface area (Å²) in [6.45, 7) is 0. The Morgan fingerprint density at radius 1 is 1.17 bits per heavy atom. The molecule has 122 valence electrons. The van der Waals surface area contributed by atoms with Crippen molar-refractivity contribution in [3.63, 3.8) is 0 Å². The second kappa shape index (κ2) is 6.91. The number of aromatic carboxylic acids is 1. The van der Waals surface area contributed by atoms with Crippen LogP contribution in [0.4, 0.5) is 17.6 Å². The molecule has 0 atom stereocenters. The van der Waals surface area contributed by atoms with Gasteiger partial charge in [-0.25, -0.2) is 9.18 Å². The molecule has 1 N–H and O–H groups in total. The number of carboxylic acids is 1. The number of thioether (sulfide) groups is 1. The lowest BCUT2D eigenvalue weighted by molar-refractivity contribution is -0.274. The van der Waals surface area contributed by atoms with Gasteiger partial charge in [0.05, 0.1) is 5.56 Å². The fraction of sp³-hybridized carbons (Fsp3) is 0.133. The predicted molar refractivity (Wildman–Crippen MR) is 76.0 cm³/mol. The molecular formula is C15H10F4O3S. The van der Waals surface area contributed by atoms with Crippen molar-refractivity contribution >= 4 is 17.7 Å². The van der Waals surface area contributed by atoms with Gasteiger partial charge in [0, 0.05) is 10.6 Å². The fourth-order valence-electron chi connectivity index (χ4n) is 1.75. The van der Waals surface area contributed by atoms with Crippen LogP contribution in [0.25, 0.3) is 0 Å². The van der Waals surface area contributed by atoms with Gasteiger partial charge < -0.3 is 9.84 Å². The Hall–Kier alpha value is -2.22. The molecule has 23 heavy (non-hydrogen) atoms. The van der Waals surface area contributed by atoms with Gasteiger partial charge in [-0.15, -0.1) is 24.9 Å². The van der Waals surface area contributed by atoms with Crippen molar-refractivity contribution < 1.29 is 32.2 Å². The normalized spacial score (nSPS) is 11.3. The van der Waals surface area contributed by atoms with Gasteiger partial charge >= 0.3 is 12.3 Å². The molecule has 0 aromatic heterocycles. The van der Waals surface area contributed by atoms with Crippen LogP contribution < -0.4 is 4.74 Å². The van der Waals surface area contributed by atoms with E-state index in [1.165, 1.54) is 24.3 Å². The van der Waals surface area contributed by atoms with Crippen LogP contribution in [0.15, 0.2) is 47.4 Å². The molecule has 0 unspecified atom stereocenters. The number of rotatable bonds is 5. The Labute approximate surface area is 132 Å². The maximum Gasteiger partial charge on any atom is 0.573 e. The lowest BCUT2D eigenvalue weighted by atomic mass is 10.2. The Bertz CT molecular complexity index is 716. The zero-order valence-corrected chi connectivity index (χ0v) is 12.2. The van der Waals surface area contributed by atoms with Crippen LogP contribution >= 0.6 is 11.8 Å². The quantitative estimate of drug-likeness (QED) is 0.629. The van der Waals surface area contributed by atoms with Crippen molar-refractivity contribution in [2.75, 3.05) is 0 Å². The van der Waals surface area contributed by atoms with Crippen molar-refractivity contribution in [2.45, 2.75) is 17.0 Å². The molecule has 2 aromatic rings. The second-order valence-corrected chi connectivity index (χ2v) is 5.47. The van der Waals surface area contributed by atoms with Gasteiger partial charge in [0.1, 0.15) is 11.6 Å². The molecule has 0 aliphatic heterocycles. The standard InChI is InChI=1S/C15H10F4O3S/c16-13-4-2-1-3-9(13)8-23-12-6-10(14(20)21)5-11(7-12)22-15(17,18)19/h1-7H,8H2,(H,20,21). The Kier molecular flexibility index (Phi) is 5.15. The second-order valence-electron chi connectivity index (χ2n) is 4.43. The number of carboxylic acid groups (broad SMARTS) is 1. The van der Waals surface area contributed by atoms with Crippen LogP contribution in [-0.2, 0) is 5.75 Å². The summed E-state index contributed by atoms with van der Waals surface area (Å²) in [5, 5.41) is 8.96. The van der Waals surface area contributed by atoms with Crippen molar-refractivity contribution in [1.29, 1.82) is 0 Å². The van der Waals surface area contributed by atoms with Crippen LogP contribution in [0.1, 0.15) is 15.9 Å². The number of carbonyl (C=O) groups is 1. The molecule has 0 aliphatic rings. The van der Waals surface area contributed by atoms with E-state index in [-0.39, 0.29) is 16.2 Å². The molecule has 0 bridgehead atoms. The minimum Gasteiger partial charge on any atom is -0.478 e. The predicted octanol–water partition coefficient (Wildman–Crippen LogP) is 4.71. The van der Waals surface area contributed by atoms with Gasteiger partial charge in [-0.2, -0.15) is 0 Å². The Morgan fingerprint density at radius 2 is 1.87 bits per heavy atom. The molecule has 0 fully saturated rings. The number of hydrogen-bond acceptors (Lipinski definition) is 3. The zero-order valence-electron chi connectivity index (χ0n) is 11.4. The van der Waals surface area contributed by atoms with Crippen molar-refractivity contribution in [2.24, 2.45) is 0 Å². The lowest BCUT2D eigenvalue weighted by Crippen LogP contribution is -2.17. The first-order chi connectivity index (χ1) is 10.7. The summed E-state index contributed by atoms with van der Waals surface area (Å²) in [4.78, 5) is 11.2. The number of benzene rings is 2. The highest BCUT2D eigenvalue weighted by Gasteiger charge is 2.31. The number of halogens is 4. The van der Waals surface area contributed by atoms with Gasteiger partial charge in [-0.05, 0) is 29.8 Å². The first-order valence-corrected chi connectivity index (χ1v) is 7.23. The highest BCUT2D eigenvalue weighted by molar-refractivity contribution is 7.98. The Balaban J connectivity index is 2.23. The largest absolute Gasteiger partial charge is 0.573 e. The molecule has 0 radical (unpaired) electrons. The molecule has 3 nitrogen and oxygen atoms in total. The fourth-order valence-corrected chi connectivity index (χ4v) is 2.71. The van der Waals surface area contributed by atoms with E-state index >= 15 is 0 Å². The molecule has 2 rings (SSSR count). The number of ether oxygens (including phenoxy) is 1. The summed E-state index contributed by atoms with van der Waals surface area (Å²) in [6.07, 6.45) is -4.93. The summed E-state index contributed by atoms with van der Waals surface area (Å²) >= 11 is 1.01. The van der Waals surface area contributed by atoms with E-state index in [2.05, 4.69) is 4.74 Å². The number of hydrogen-bond donors (Lipinski definition) is 1. The van der Waals surface area contributed by atoms with Crippen molar-refractivity contribution in [3.05, 3.63) is 59.4 Å². The third kappa shape index (κ3) is 5.17. The van der Waals surface area contributed by atoms with E-state index in [4.69, 9.17) is 5.11 Å². The molecule has 8 heteroatoms. The highest BCUT2D eigenvalue weighted by Crippen LogP contribution is 2.31. The Morgan fingerprint density at radius 3 is 2.48 bits per heavy atom.